The zero-order valence-electron chi connectivity index (χ0n) is 28.1. The predicted octanol–water partition coefficient (Wildman–Crippen LogP) is 14.3. The van der Waals surface area contributed by atoms with Crippen LogP contribution in [0.25, 0.3) is 64.3 Å². The Kier molecular flexibility index (Phi) is 7.53. The van der Waals surface area contributed by atoms with Gasteiger partial charge in [0.2, 0.25) is 0 Å². The molecule has 1 aromatic heterocycles. The third-order valence-electron chi connectivity index (χ3n) is 9.98. The Labute approximate surface area is 297 Å². The quantitative estimate of drug-likeness (QED) is 0.172. The fraction of sp³-hybridized carbons (Fsp3) is 0.0417. The van der Waals surface area contributed by atoms with E-state index < -0.39 is 0 Å². The maximum atomic E-state index is 2.39. The Hall–Kier alpha value is -5.96. The first-order chi connectivity index (χ1) is 24.6. The van der Waals surface area contributed by atoms with Crippen LogP contribution in [0.4, 0.5) is 17.1 Å². The summed E-state index contributed by atoms with van der Waals surface area (Å²) in [5.41, 5.74) is 13.5. The zero-order chi connectivity index (χ0) is 33.6. The van der Waals surface area contributed by atoms with Gasteiger partial charge in [-0.05, 0) is 106 Å². The van der Waals surface area contributed by atoms with Crippen molar-refractivity contribution in [1.82, 2.24) is 0 Å². The van der Waals surface area contributed by atoms with E-state index in [2.05, 4.69) is 195 Å². The molecule has 0 saturated heterocycles. The molecule has 8 aromatic carbocycles. The second-order valence-corrected chi connectivity index (χ2v) is 14.1. The molecular formula is C48H35NS. The van der Waals surface area contributed by atoms with E-state index in [4.69, 9.17) is 0 Å². The average molecular weight is 658 g/mol. The van der Waals surface area contributed by atoms with Crippen LogP contribution in [0, 0.1) is 13.8 Å². The van der Waals surface area contributed by atoms with E-state index in [0.717, 1.165) is 17.1 Å². The monoisotopic (exact) mass is 657 g/mol. The molecule has 0 spiro atoms. The summed E-state index contributed by atoms with van der Waals surface area (Å²) in [5.74, 6) is 0. The van der Waals surface area contributed by atoms with E-state index in [1.54, 1.807) is 0 Å². The Morgan fingerprint density at radius 1 is 0.400 bits per heavy atom. The van der Waals surface area contributed by atoms with Gasteiger partial charge in [-0.15, -0.1) is 11.3 Å². The normalized spacial score (nSPS) is 11.4. The summed E-state index contributed by atoms with van der Waals surface area (Å²) in [4.78, 5) is 2.39. The van der Waals surface area contributed by atoms with Gasteiger partial charge in [0.05, 0.1) is 5.69 Å². The first-order valence-corrected chi connectivity index (χ1v) is 18.0. The first kappa shape index (κ1) is 30.1. The summed E-state index contributed by atoms with van der Waals surface area (Å²) in [6.07, 6.45) is 0. The molecule has 1 nitrogen and oxygen atoms in total. The van der Waals surface area contributed by atoms with Gasteiger partial charge in [0.25, 0.3) is 0 Å². The number of fused-ring (bicyclic) bond motifs is 4. The summed E-state index contributed by atoms with van der Waals surface area (Å²) in [6, 6.07) is 64.3. The third-order valence-corrected chi connectivity index (χ3v) is 11.2. The maximum Gasteiger partial charge on any atom is 0.0540 e. The fourth-order valence-electron chi connectivity index (χ4n) is 7.36. The number of nitrogens with zero attached hydrogens (tertiary/aromatic N) is 1. The van der Waals surface area contributed by atoms with Crippen LogP contribution in [0.1, 0.15) is 11.1 Å². The Bertz CT molecular complexity index is 2660. The van der Waals surface area contributed by atoms with Crippen LogP contribution in [0.2, 0.25) is 0 Å². The van der Waals surface area contributed by atoms with E-state index in [9.17, 15) is 0 Å². The minimum atomic E-state index is 1.12. The maximum absolute atomic E-state index is 2.39. The summed E-state index contributed by atoms with van der Waals surface area (Å²) in [7, 11) is 0. The van der Waals surface area contributed by atoms with Crippen molar-refractivity contribution in [3.8, 4) is 33.4 Å². The highest BCUT2D eigenvalue weighted by Crippen LogP contribution is 2.43. The van der Waals surface area contributed by atoms with Crippen LogP contribution in [0.15, 0.2) is 176 Å². The molecule has 0 amide bonds. The lowest BCUT2D eigenvalue weighted by atomic mass is 9.93. The van der Waals surface area contributed by atoms with E-state index in [-0.39, 0.29) is 0 Å². The molecular weight excluding hydrogens is 623 g/mol. The molecule has 0 aliphatic heterocycles. The van der Waals surface area contributed by atoms with Gasteiger partial charge in [0.15, 0.2) is 0 Å². The highest BCUT2D eigenvalue weighted by Gasteiger charge is 2.17. The van der Waals surface area contributed by atoms with Crippen molar-refractivity contribution in [2.24, 2.45) is 0 Å². The van der Waals surface area contributed by atoms with Crippen molar-refractivity contribution >= 4 is 59.3 Å². The van der Waals surface area contributed by atoms with Gasteiger partial charge in [-0.2, -0.15) is 0 Å². The number of rotatable bonds is 6. The van der Waals surface area contributed by atoms with Gasteiger partial charge in [-0.3, -0.25) is 0 Å². The van der Waals surface area contributed by atoms with Crippen molar-refractivity contribution in [3.05, 3.63) is 187 Å². The van der Waals surface area contributed by atoms with Gasteiger partial charge >= 0.3 is 0 Å². The molecule has 2 heteroatoms. The van der Waals surface area contributed by atoms with Gasteiger partial charge in [-0.1, -0.05) is 133 Å². The predicted molar refractivity (Wildman–Crippen MR) is 217 cm³/mol. The lowest BCUT2D eigenvalue weighted by Gasteiger charge is -2.27. The molecule has 0 saturated carbocycles. The minimum Gasteiger partial charge on any atom is -0.310 e. The van der Waals surface area contributed by atoms with E-state index in [1.165, 1.54) is 75.5 Å². The lowest BCUT2D eigenvalue weighted by molar-refractivity contribution is 1.30. The van der Waals surface area contributed by atoms with Gasteiger partial charge < -0.3 is 4.90 Å². The van der Waals surface area contributed by atoms with Crippen molar-refractivity contribution in [3.63, 3.8) is 0 Å². The molecule has 1 heterocycles. The summed E-state index contributed by atoms with van der Waals surface area (Å²) >= 11 is 1.88. The number of thiophene rings is 1. The molecule has 9 aromatic rings. The molecule has 0 N–H and O–H groups in total. The van der Waals surface area contributed by atoms with Crippen molar-refractivity contribution < 1.29 is 0 Å². The smallest absolute Gasteiger partial charge is 0.0540 e. The Morgan fingerprint density at radius 3 is 1.78 bits per heavy atom. The fourth-order valence-corrected chi connectivity index (χ4v) is 8.60. The lowest BCUT2D eigenvalue weighted by Crippen LogP contribution is -2.10. The van der Waals surface area contributed by atoms with Crippen molar-refractivity contribution in [2.45, 2.75) is 13.8 Å². The number of anilines is 3. The standard InChI is InChI=1S/C48H35NS/c1-32-11-3-5-14-40(32)45-31-37(22-21-33(45)2)34-23-27-38(28-24-34)49(46-19-9-13-35-12-4-6-15-41(35)46)39-29-25-36(26-30-39)42-17-10-18-44-43-16-7-8-20-47(43)50-48(42)44/h3-31H,1-2H3. The highest BCUT2D eigenvalue weighted by molar-refractivity contribution is 7.26. The van der Waals surface area contributed by atoms with Gasteiger partial charge in [-0.25, -0.2) is 0 Å². The van der Waals surface area contributed by atoms with E-state index >= 15 is 0 Å². The van der Waals surface area contributed by atoms with Crippen LogP contribution in [0.3, 0.4) is 0 Å². The molecule has 0 fully saturated rings. The molecule has 0 aliphatic carbocycles. The van der Waals surface area contributed by atoms with E-state index in [1.807, 2.05) is 11.3 Å². The molecule has 0 bridgehead atoms. The topological polar surface area (TPSA) is 3.24 Å². The highest BCUT2D eigenvalue weighted by atomic mass is 32.1. The van der Waals surface area contributed by atoms with Crippen molar-refractivity contribution in [1.29, 1.82) is 0 Å². The Balaban J connectivity index is 1.13. The molecule has 0 aliphatic rings. The zero-order valence-corrected chi connectivity index (χ0v) is 28.9. The number of aryl methyl sites for hydroxylation is 2. The summed E-state index contributed by atoms with van der Waals surface area (Å²) in [5, 5.41) is 5.10. The summed E-state index contributed by atoms with van der Waals surface area (Å²) < 4.78 is 2.67. The molecule has 238 valence electrons. The third kappa shape index (κ3) is 5.26. The number of hydrogen-bond acceptors (Lipinski definition) is 2. The average Bonchev–Trinajstić information content (AvgIpc) is 3.55. The van der Waals surface area contributed by atoms with Crippen LogP contribution >= 0.6 is 11.3 Å². The SMILES string of the molecule is Cc1ccccc1-c1cc(-c2ccc(N(c3ccc(-c4cccc5c4sc4ccccc45)cc3)c3cccc4ccccc34)cc2)ccc1C. The molecule has 0 atom stereocenters. The largest absolute Gasteiger partial charge is 0.310 e. The van der Waals surface area contributed by atoms with Crippen LogP contribution in [0.5, 0.6) is 0 Å². The van der Waals surface area contributed by atoms with Gasteiger partial charge in [0, 0.05) is 36.9 Å². The Morgan fingerprint density at radius 2 is 0.980 bits per heavy atom. The summed E-state index contributed by atoms with van der Waals surface area (Å²) in [6.45, 7) is 4.39. The first-order valence-electron chi connectivity index (χ1n) is 17.2. The van der Waals surface area contributed by atoms with Gasteiger partial charge in [0.1, 0.15) is 0 Å². The van der Waals surface area contributed by atoms with Crippen LogP contribution < -0.4 is 4.90 Å². The number of hydrogen-bond donors (Lipinski definition) is 0. The second kappa shape index (κ2) is 12.5. The van der Waals surface area contributed by atoms with Crippen molar-refractivity contribution in [2.75, 3.05) is 4.90 Å². The molecule has 50 heavy (non-hydrogen) atoms. The second-order valence-electron chi connectivity index (χ2n) is 13.1. The number of benzene rings is 8. The molecule has 9 rings (SSSR count). The van der Waals surface area contributed by atoms with Crippen LogP contribution in [-0.4, -0.2) is 0 Å². The van der Waals surface area contributed by atoms with E-state index in [0.29, 0.717) is 0 Å². The molecule has 0 unspecified atom stereocenters. The molecule has 0 radical (unpaired) electrons. The van der Waals surface area contributed by atoms with Crippen LogP contribution in [-0.2, 0) is 0 Å². The minimum absolute atomic E-state index is 1.12.